The van der Waals surface area contributed by atoms with Crippen LogP contribution in [0.1, 0.15) is 27.2 Å². The molecule has 208 valence electrons. The van der Waals surface area contributed by atoms with Crippen LogP contribution in [0, 0.1) is 0 Å². The maximum atomic E-state index is 12.8. The van der Waals surface area contributed by atoms with E-state index in [0.29, 0.717) is 57.9 Å². The van der Waals surface area contributed by atoms with Gasteiger partial charge in [0.05, 0.1) is 12.7 Å². The van der Waals surface area contributed by atoms with Gasteiger partial charge in [-0.3, -0.25) is 4.79 Å². The van der Waals surface area contributed by atoms with E-state index in [9.17, 15) is 20.1 Å². The summed E-state index contributed by atoms with van der Waals surface area (Å²) in [6, 6.07) is 12.8. The molecule has 0 spiro atoms. The SMILES string of the molecule is CCN(CC)c1ccc2nc3c4cc(OCCCSC5OC(C)C(O)C(O)C5O)ccc4c(=O)cc-3oc2c1. The Labute approximate surface area is 230 Å². The molecule has 1 saturated heterocycles. The van der Waals surface area contributed by atoms with E-state index in [1.54, 1.807) is 19.1 Å². The molecule has 39 heavy (non-hydrogen) atoms. The Kier molecular flexibility index (Phi) is 8.29. The van der Waals surface area contributed by atoms with Crippen LogP contribution in [0.5, 0.6) is 5.75 Å². The molecular weight excluding hydrogens is 520 g/mol. The van der Waals surface area contributed by atoms with Crippen LogP contribution in [0.4, 0.5) is 5.69 Å². The molecule has 10 heteroatoms. The lowest BCUT2D eigenvalue weighted by molar-refractivity contribution is -0.192. The van der Waals surface area contributed by atoms with E-state index < -0.39 is 29.9 Å². The topological polar surface area (TPSA) is 125 Å². The smallest absolute Gasteiger partial charge is 0.190 e. The number of thioether (sulfide) groups is 1. The number of fused-ring (bicyclic) bond motifs is 4. The lowest BCUT2D eigenvalue weighted by Crippen LogP contribution is -2.55. The van der Waals surface area contributed by atoms with E-state index in [-0.39, 0.29) is 5.43 Å². The number of hydrogen-bond acceptors (Lipinski definition) is 10. The van der Waals surface area contributed by atoms with Crippen molar-refractivity contribution in [2.45, 2.75) is 57.0 Å². The highest BCUT2D eigenvalue weighted by Crippen LogP contribution is 2.34. The van der Waals surface area contributed by atoms with E-state index >= 15 is 0 Å². The van der Waals surface area contributed by atoms with Crippen LogP contribution in [0.2, 0.25) is 0 Å². The van der Waals surface area contributed by atoms with Gasteiger partial charge in [-0.25, -0.2) is 4.98 Å². The van der Waals surface area contributed by atoms with Gasteiger partial charge < -0.3 is 34.1 Å². The number of aromatic nitrogens is 1. The summed E-state index contributed by atoms with van der Waals surface area (Å²) in [6.45, 7) is 8.04. The number of benzene rings is 3. The van der Waals surface area contributed by atoms with Crippen molar-refractivity contribution >= 4 is 39.3 Å². The van der Waals surface area contributed by atoms with Crippen LogP contribution >= 0.6 is 11.8 Å². The molecule has 5 unspecified atom stereocenters. The van der Waals surface area contributed by atoms with Crippen LogP contribution in [0.25, 0.3) is 33.3 Å². The quantitative estimate of drug-likeness (QED) is 0.160. The summed E-state index contributed by atoms with van der Waals surface area (Å²) in [6.07, 6.45) is -3.39. The molecule has 9 nitrogen and oxygen atoms in total. The first-order valence-electron chi connectivity index (χ1n) is 13.3. The third-order valence-corrected chi connectivity index (χ3v) is 8.42. The van der Waals surface area contributed by atoms with Crippen LogP contribution < -0.4 is 15.1 Å². The van der Waals surface area contributed by atoms with E-state index in [1.807, 2.05) is 24.3 Å². The Morgan fingerprint density at radius 3 is 2.56 bits per heavy atom. The second-order valence-corrected chi connectivity index (χ2v) is 10.9. The standard InChI is InChI=1S/C29H34N2O7S/c1-4-31(5-2)17-7-10-21-23(13-17)38-24-15-22(32)19-9-8-18(14-20(19)25(24)30-21)36-11-6-12-39-29-28(35)27(34)26(33)16(3)37-29/h7-10,13-16,26-29,33-35H,4-6,11-12H2,1-3H3. The Balaban J connectivity index is 1.31. The first-order chi connectivity index (χ1) is 18.8. The zero-order valence-electron chi connectivity index (χ0n) is 22.2. The normalized spacial score (nSPS) is 23.5. The van der Waals surface area contributed by atoms with Crippen LogP contribution in [0.3, 0.4) is 0 Å². The van der Waals surface area contributed by atoms with Crippen LogP contribution in [-0.2, 0) is 4.74 Å². The zero-order chi connectivity index (χ0) is 27.7. The van der Waals surface area contributed by atoms with Crippen molar-refractivity contribution in [2.24, 2.45) is 0 Å². The third-order valence-electron chi connectivity index (χ3n) is 7.18. The highest BCUT2D eigenvalue weighted by atomic mass is 32.2. The fraction of sp³-hybridized carbons (Fsp3) is 0.448. The van der Waals surface area contributed by atoms with Gasteiger partial charge in [0.2, 0.25) is 0 Å². The summed E-state index contributed by atoms with van der Waals surface area (Å²) in [5.74, 6) is 1.66. The molecule has 1 aliphatic carbocycles. The summed E-state index contributed by atoms with van der Waals surface area (Å²) >= 11 is 1.37. The van der Waals surface area contributed by atoms with E-state index in [4.69, 9.17) is 18.9 Å². The van der Waals surface area contributed by atoms with Crippen molar-refractivity contribution in [2.75, 3.05) is 30.3 Å². The number of aliphatic hydroxyl groups excluding tert-OH is 3. The molecule has 3 N–H and O–H groups in total. The fourth-order valence-electron chi connectivity index (χ4n) is 4.92. The minimum Gasteiger partial charge on any atom is -0.494 e. The first kappa shape index (κ1) is 27.7. The van der Waals surface area contributed by atoms with Gasteiger partial charge in [0.25, 0.3) is 0 Å². The van der Waals surface area contributed by atoms with Gasteiger partial charge >= 0.3 is 0 Å². The largest absolute Gasteiger partial charge is 0.494 e. The average Bonchev–Trinajstić information content (AvgIpc) is 2.94. The molecule has 0 aromatic heterocycles. The van der Waals surface area contributed by atoms with Gasteiger partial charge in [0.1, 0.15) is 40.7 Å². The molecular formula is C29H34N2O7S. The molecule has 0 radical (unpaired) electrons. The average molecular weight is 555 g/mol. The Morgan fingerprint density at radius 1 is 1.00 bits per heavy atom. The number of rotatable bonds is 9. The second kappa shape index (κ2) is 11.7. The third kappa shape index (κ3) is 5.57. The number of anilines is 1. The summed E-state index contributed by atoms with van der Waals surface area (Å²) in [5.41, 5.74) is 2.22. The molecule has 1 fully saturated rings. The second-order valence-electron chi connectivity index (χ2n) is 9.72. The summed E-state index contributed by atoms with van der Waals surface area (Å²) in [5, 5.41) is 31.2. The van der Waals surface area contributed by atoms with Gasteiger partial charge in [-0.15, -0.1) is 11.8 Å². The molecule has 0 bridgehead atoms. The Bertz CT molecular complexity index is 1470. The number of nitrogens with zero attached hydrogens (tertiary/aromatic N) is 2. The lowest BCUT2D eigenvalue weighted by atomic mass is 10.0. The zero-order valence-corrected chi connectivity index (χ0v) is 23.1. The molecule has 0 amide bonds. The monoisotopic (exact) mass is 554 g/mol. The number of aliphatic hydroxyl groups is 3. The molecule has 2 aromatic rings. The maximum absolute atomic E-state index is 12.8. The van der Waals surface area contributed by atoms with Crippen LogP contribution in [-0.4, -0.2) is 75.6 Å². The summed E-state index contributed by atoms with van der Waals surface area (Å²) in [4.78, 5) is 19.9. The van der Waals surface area contributed by atoms with Crippen molar-refractivity contribution in [3.63, 3.8) is 0 Å². The molecule has 3 aliphatic rings. The molecule has 5 atom stereocenters. The highest BCUT2D eigenvalue weighted by Gasteiger charge is 2.41. The van der Waals surface area contributed by atoms with Gasteiger partial charge in [-0.1, -0.05) is 0 Å². The fourth-order valence-corrected chi connectivity index (χ4v) is 6.04. The Morgan fingerprint density at radius 2 is 1.79 bits per heavy atom. The van der Waals surface area contributed by atoms with Crippen molar-refractivity contribution < 1.29 is 29.2 Å². The van der Waals surface area contributed by atoms with Gasteiger partial charge in [-0.05, 0) is 63.3 Å². The predicted octanol–water partition coefficient (Wildman–Crippen LogP) is 3.62. The van der Waals surface area contributed by atoms with E-state index in [2.05, 4.69) is 18.7 Å². The van der Waals surface area contributed by atoms with E-state index in [1.165, 1.54) is 17.8 Å². The first-order valence-corrected chi connectivity index (χ1v) is 14.4. The molecule has 2 heterocycles. The molecule has 2 aliphatic heterocycles. The van der Waals surface area contributed by atoms with Gasteiger partial charge in [-0.2, -0.15) is 0 Å². The van der Waals surface area contributed by atoms with Crippen molar-refractivity contribution in [1.29, 1.82) is 0 Å². The predicted molar refractivity (Wildman–Crippen MR) is 153 cm³/mol. The Hall–Kier alpha value is -2.89. The highest BCUT2D eigenvalue weighted by molar-refractivity contribution is 7.99. The number of hydrogen-bond donors (Lipinski definition) is 3. The lowest BCUT2D eigenvalue weighted by Gasteiger charge is -2.39. The van der Waals surface area contributed by atoms with Crippen molar-refractivity contribution in [3.05, 3.63) is 52.7 Å². The molecule has 5 rings (SSSR count). The minimum absolute atomic E-state index is 0.141. The summed E-state index contributed by atoms with van der Waals surface area (Å²) in [7, 11) is 0. The van der Waals surface area contributed by atoms with Gasteiger partial charge in [0, 0.05) is 41.7 Å². The van der Waals surface area contributed by atoms with E-state index in [0.717, 1.165) is 18.8 Å². The van der Waals surface area contributed by atoms with Gasteiger partial charge in [0.15, 0.2) is 16.8 Å². The van der Waals surface area contributed by atoms with Crippen molar-refractivity contribution in [1.82, 2.24) is 4.98 Å². The molecule has 2 aromatic carbocycles. The maximum Gasteiger partial charge on any atom is 0.190 e. The summed E-state index contributed by atoms with van der Waals surface area (Å²) < 4.78 is 17.7. The van der Waals surface area contributed by atoms with Crippen molar-refractivity contribution in [3.8, 4) is 17.2 Å². The van der Waals surface area contributed by atoms with Crippen LogP contribution in [0.15, 0.2) is 51.7 Å². The minimum atomic E-state index is -1.23. The molecule has 0 saturated carbocycles. The number of ether oxygens (including phenoxy) is 2.